The van der Waals surface area contributed by atoms with E-state index in [4.69, 9.17) is 0 Å². The van der Waals surface area contributed by atoms with Gasteiger partial charge in [-0.1, -0.05) is 6.07 Å². The predicted molar refractivity (Wildman–Crippen MR) is 94.0 cm³/mol. The molecule has 1 aromatic rings. The molecule has 0 radical (unpaired) electrons. The van der Waals surface area contributed by atoms with E-state index in [0.29, 0.717) is 18.7 Å². The lowest BCUT2D eigenvalue weighted by Crippen LogP contribution is -2.31. The molecular formula is C12H15Br3N2O3S. The SMILES string of the molecule is CN(C)CCNC(=O)c1cccc(S(=O)(=O)C(Br)(Br)Br)c1. The number of amides is 1. The van der Waals surface area contributed by atoms with Crippen molar-refractivity contribution in [3.8, 4) is 0 Å². The lowest BCUT2D eigenvalue weighted by molar-refractivity contribution is 0.0951. The summed E-state index contributed by atoms with van der Waals surface area (Å²) in [5.74, 6) is -0.307. The van der Waals surface area contributed by atoms with Crippen molar-refractivity contribution in [1.82, 2.24) is 10.2 Å². The molecule has 0 aliphatic carbocycles. The van der Waals surface area contributed by atoms with Crippen LogP contribution in [0.4, 0.5) is 0 Å². The number of carbonyl (C=O) groups is 1. The molecule has 0 heterocycles. The number of hydrogen-bond acceptors (Lipinski definition) is 4. The highest BCUT2D eigenvalue weighted by molar-refractivity contribution is 9.42. The van der Waals surface area contributed by atoms with Gasteiger partial charge in [0.25, 0.3) is 5.91 Å². The lowest BCUT2D eigenvalue weighted by atomic mass is 10.2. The molecule has 0 aliphatic heterocycles. The average Bonchev–Trinajstić information content (AvgIpc) is 2.37. The molecule has 0 saturated carbocycles. The predicted octanol–water partition coefficient (Wildman–Crippen LogP) is 2.55. The van der Waals surface area contributed by atoms with Crippen LogP contribution in [0.15, 0.2) is 29.2 Å². The number of nitrogens with one attached hydrogen (secondary N) is 1. The summed E-state index contributed by atoms with van der Waals surface area (Å²) in [6.07, 6.45) is 0. The molecule has 0 fully saturated rings. The standard InChI is InChI=1S/C12H15Br3N2O3S/c1-17(2)7-6-16-11(18)9-4-3-5-10(8-9)21(19,20)12(13,14)15/h3-5,8H,6-7H2,1-2H3,(H,16,18). The smallest absolute Gasteiger partial charge is 0.251 e. The van der Waals surface area contributed by atoms with Gasteiger partial charge in [0.1, 0.15) is 0 Å². The molecule has 0 aliphatic rings. The van der Waals surface area contributed by atoms with Crippen molar-refractivity contribution in [2.24, 2.45) is 0 Å². The van der Waals surface area contributed by atoms with Crippen LogP contribution in [0.5, 0.6) is 0 Å². The minimum Gasteiger partial charge on any atom is -0.351 e. The lowest BCUT2D eigenvalue weighted by Gasteiger charge is -2.14. The van der Waals surface area contributed by atoms with Crippen LogP contribution in [-0.4, -0.2) is 47.9 Å². The first-order chi connectivity index (χ1) is 9.55. The van der Waals surface area contributed by atoms with Gasteiger partial charge in [0.05, 0.1) is 4.90 Å². The Balaban J connectivity index is 2.94. The van der Waals surface area contributed by atoms with E-state index in [1.54, 1.807) is 6.07 Å². The van der Waals surface area contributed by atoms with E-state index >= 15 is 0 Å². The first kappa shape index (κ1) is 19.1. The van der Waals surface area contributed by atoms with Gasteiger partial charge >= 0.3 is 0 Å². The molecule has 0 unspecified atom stereocenters. The zero-order chi connectivity index (χ0) is 16.3. The van der Waals surface area contributed by atoms with Gasteiger partial charge in [-0.15, -0.1) is 0 Å². The Bertz CT molecular complexity index is 612. The monoisotopic (exact) mass is 504 g/mol. The maximum Gasteiger partial charge on any atom is 0.251 e. The molecule has 1 amide bonds. The fraction of sp³-hybridized carbons (Fsp3) is 0.417. The Hall–Kier alpha value is 0.0400. The van der Waals surface area contributed by atoms with E-state index in [2.05, 4.69) is 53.1 Å². The van der Waals surface area contributed by atoms with Crippen LogP contribution in [0.3, 0.4) is 0 Å². The molecule has 1 N–H and O–H groups in total. The molecule has 118 valence electrons. The molecule has 0 aromatic heterocycles. The van der Waals surface area contributed by atoms with Gasteiger partial charge in [-0.25, -0.2) is 8.42 Å². The minimum absolute atomic E-state index is 0.0355. The molecule has 1 rings (SSSR count). The van der Waals surface area contributed by atoms with Crippen molar-refractivity contribution < 1.29 is 13.2 Å². The van der Waals surface area contributed by atoms with Crippen molar-refractivity contribution >= 4 is 63.5 Å². The van der Waals surface area contributed by atoms with Gasteiger partial charge in [0, 0.05) is 18.7 Å². The number of halogens is 3. The minimum atomic E-state index is -3.70. The molecule has 9 heteroatoms. The van der Waals surface area contributed by atoms with Crippen LogP contribution >= 0.6 is 47.8 Å². The van der Waals surface area contributed by atoms with Crippen molar-refractivity contribution in [1.29, 1.82) is 0 Å². The Morgan fingerprint density at radius 3 is 2.43 bits per heavy atom. The molecule has 0 saturated heterocycles. The van der Waals surface area contributed by atoms with Crippen LogP contribution < -0.4 is 5.32 Å². The summed E-state index contributed by atoms with van der Waals surface area (Å²) in [4.78, 5) is 14.0. The number of rotatable bonds is 5. The fourth-order valence-corrected chi connectivity index (χ4v) is 3.92. The average molecular weight is 507 g/mol. The Labute approximate surface area is 149 Å². The zero-order valence-electron chi connectivity index (χ0n) is 11.4. The number of alkyl halides is 3. The maximum atomic E-state index is 12.3. The quantitative estimate of drug-likeness (QED) is 0.623. The van der Waals surface area contributed by atoms with E-state index in [1.807, 2.05) is 19.0 Å². The second-order valence-corrected chi connectivity index (χ2v) is 15.0. The van der Waals surface area contributed by atoms with Gasteiger partial charge in [0.2, 0.25) is 11.3 Å². The third-order valence-corrected chi connectivity index (χ3v) is 7.88. The second kappa shape index (κ2) is 7.54. The van der Waals surface area contributed by atoms with Crippen LogP contribution in [0.1, 0.15) is 10.4 Å². The maximum absolute atomic E-state index is 12.3. The topological polar surface area (TPSA) is 66.5 Å². The summed E-state index contributed by atoms with van der Waals surface area (Å²) in [7, 11) is 0.103. The number of carbonyl (C=O) groups excluding carboxylic acids is 1. The zero-order valence-corrected chi connectivity index (χ0v) is 17.0. The third-order valence-electron chi connectivity index (χ3n) is 2.56. The number of nitrogens with zero attached hydrogens (tertiary/aromatic N) is 1. The van der Waals surface area contributed by atoms with Gasteiger partial charge in [-0.3, -0.25) is 4.79 Å². The summed E-state index contributed by atoms with van der Waals surface area (Å²) >= 11 is 8.99. The number of hydrogen-bond donors (Lipinski definition) is 1. The van der Waals surface area contributed by atoms with Gasteiger partial charge in [-0.05, 0) is 80.1 Å². The Morgan fingerprint density at radius 2 is 1.90 bits per heavy atom. The van der Waals surface area contributed by atoms with Crippen molar-refractivity contribution in [2.75, 3.05) is 27.2 Å². The van der Waals surface area contributed by atoms with Crippen molar-refractivity contribution in [2.45, 2.75) is 6.37 Å². The van der Waals surface area contributed by atoms with E-state index in [0.717, 1.165) is 0 Å². The number of sulfone groups is 1. The molecular weight excluding hydrogens is 492 g/mol. The Morgan fingerprint density at radius 1 is 1.29 bits per heavy atom. The van der Waals surface area contributed by atoms with E-state index in [-0.39, 0.29) is 10.8 Å². The number of likely N-dealkylation sites (N-methyl/N-ethyl adjacent to an activating group) is 1. The molecule has 21 heavy (non-hydrogen) atoms. The summed E-state index contributed by atoms with van der Waals surface area (Å²) in [6, 6.07) is 5.89. The first-order valence-corrected chi connectivity index (χ1v) is 9.76. The first-order valence-electron chi connectivity index (χ1n) is 5.90. The highest BCUT2D eigenvalue weighted by atomic mass is 80.0. The molecule has 5 nitrogen and oxygen atoms in total. The van der Waals surface area contributed by atoms with Gasteiger partial charge < -0.3 is 10.2 Å². The summed E-state index contributed by atoms with van der Waals surface area (Å²) in [5, 5.41) is 2.74. The molecule has 0 bridgehead atoms. The van der Waals surface area contributed by atoms with E-state index in [9.17, 15) is 13.2 Å². The second-order valence-electron chi connectivity index (χ2n) is 4.54. The molecule has 0 spiro atoms. The van der Waals surface area contributed by atoms with Crippen molar-refractivity contribution in [3.63, 3.8) is 0 Å². The third kappa shape index (κ3) is 5.31. The van der Waals surface area contributed by atoms with Gasteiger partial charge in [-0.2, -0.15) is 0 Å². The van der Waals surface area contributed by atoms with Crippen LogP contribution in [0.2, 0.25) is 0 Å². The van der Waals surface area contributed by atoms with Crippen molar-refractivity contribution in [3.05, 3.63) is 29.8 Å². The summed E-state index contributed by atoms with van der Waals surface area (Å²) in [6.45, 7) is 1.19. The molecule has 1 aromatic carbocycles. The Kier molecular flexibility index (Phi) is 6.85. The highest BCUT2D eigenvalue weighted by Crippen LogP contribution is 2.43. The fourth-order valence-electron chi connectivity index (χ4n) is 1.43. The molecule has 0 atom stereocenters. The summed E-state index contributed by atoms with van der Waals surface area (Å²) in [5.41, 5.74) is 0.298. The largest absolute Gasteiger partial charge is 0.351 e. The summed E-state index contributed by atoms with van der Waals surface area (Å²) < 4.78 is 23.0. The highest BCUT2D eigenvalue weighted by Gasteiger charge is 2.37. The van der Waals surface area contributed by atoms with Crippen LogP contribution in [0, 0.1) is 0 Å². The van der Waals surface area contributed by atoms with Gasteiger partial charge in [0.15, 0.2) is 0 Å². The van der Waals surface area contributed by atoms with Crippen LogP contribution in [-0.2, 0) is 9.84 Å². The van der Waals surface area contributed by atoms with E-state index < -0.39 is 11.3 Å². The van der Waals surface area contributed by atoms with Crippen LogP contribution in [0.25, 0.3) is 0 Å². The number of benzene rings is 1. The normalized spacial score (nSPS) is 12.5. The van der Waals surface area contributed by atoms with E-state index in [1.165, 1.54) is 18.2 Å².